The number of amides is 1. The maximum Gasteiger partial charge on any atom is 0.409 e. The topological polar surface area (TPSA) is 52.3 Å². The summed E-state index contributed by atoms with van der Waals surface area (Å²) in [5.74, 6) is 0.421. The third kappa shape index (κ3) is 2.81. The molecule has 0 saturated carbocycles. The number of rotatable bonds is 2. The van der Waals surface area contributed by atoms with Crippen molar-refractivity contribution in [3.05, 3.63) is 53.1 Å². The van der Waals surface area contributed by atoms with Crippen molar-refractivity contribution in [3.8, 4) is 16.9 Å². The number of aryl methyl sites for hydroxylation is 1. The number of primary amides is 1. The van der Waals surface area contributed by atoms with Crippen molar-refractivity contribution in [3.63, 3.8) is 0 Å². The predicted octanol–water partition coefficient (Wildman–Crippen LogP) is 3.77. The number of nitrogens with two attached hydrogens (primary N) is 1. The van der Waals surface area contributed by atoms with E-state index in [1.54, 1.807) is 12.1 Å². The smallest absolute Gasteiger partial charge is 0.409 e. The summed E-state index contributed by atoms with van der Waals surface area (Å²) in [6.07, 6.45) is -0.818. The molecule has 2 rings (SSSR count). The second kappa shape index (κ2) is 5.10. The van der Waals surface area contributed by atoms with Gasteiger partial charge in [-0.3, -0.25) is 0 Å². The van der Waals surface area contributed by atoms with Gasteiger partial charge in [0.05, 0.1) is 0 Å². The Hall–Kier alpha value is -2.00. The van der Waals surface area contributed by atoms with E-state index in [4.69, 9.17) is 22.1 Å². The van der Waals surface area contributed by atoms with Gasteiger partial charge in [-0.05, 0) is 41.8 Å². The molecule has 2 N–H and O–H groups in total. The van der Waals surface area contributed by atoms with E-state index in [0.717, 1.165) is 21.7 Å². The molecule has 0 aliphatic heterocycles. The Morgan fingerprint density at radius 1 is 1.11 bits per heavy atom. The van der Waals surface area contributed by atoms with Gasteiger partial charge in [0.15, 0.2) is 0 Å². The Morgan fingerprint density at radius 3 is 2.28 bits per heavy atom. The summed E-state index contributed by atoms with van der Waals surface area (Å²) in [7, 11) is 0. The van der Waals surface area contributed by atoms with Crippen molar-refractivity contribution in [1.82, 2.24) is 0 Å². The summed E-state index contributed by atoms with van der Waals surface area (Å²) >= 11 is 6.08. The van der Waals surface area contributed by atoms with Gasteiger partial charge >= 0.3 is 6.09 Å². The molecule has 2 aromatic carbocycles. The molecule has 4 heteroatoms. The van der Waals surface area contributed by atoms with Gasteiger partial charge in [0.1, 0.15) is 5.75 Å². The van der Waals surface area contributed by atoms with E-state index >= 15 is 0 Å². The van der Waals surface area contributed by atoms with Gasteiger partial charge in [-0.15, -0.1) is 0 Å². The highest BCUT2D eigenvalue weighted by Gasteiger charge is 2.03. The lowest BCUT2D eigenvalue weighted by Crippen LogP contribution is -2.16. The number of hydrogen-bond donors (Lipinski definition) is 1. The van der Waals surface area contributed by atoms with E-state index in [0.29, 0.717) is 5.75 Å². The molecule has 0 heterocycles. The lowest BCUT2D eigenvalue weighted by Gasteiger charge is -2.06. The molecule has 0 spiro atoms. The van der Waals surface area contributed by atoms with Crippen LogP contribution in [-0.2, 0) is 0 Å². The van der Waals surface area contributed by atoms with E-state index in [2.05, 4.69) is 0 Å². The third-order valence-electron chi connectivity index (χ3n) is 2.58. The van der Waals surface area contributed by atoms with Crippen LogP contribution >= 0.6 is 11.6 Å². The monoisotopic (exact) mass is 261 g/mol. The quantitative estimate of drug-likeness (QED) is 0.895. The Kier molecular flexibility index (Phi) is 3.53. The molecule has 0 unspecified atom stereocenters. The minimum Gasteiger partial charge on any atom is -0.411 e. The molecule has 0 atom stereocenters. The summed E-state index contributed by atoms with van der Waals surface area (Å²) in [6, 6.07) is 12.9. The van der Waals surface area contributed by atoms with Crippen LogP contribution in [0, 0.1) is 6.92 Å². The fraction of sp³-hybridized carbons (Fsp3) is 0.0714. The summed E-state index contributed by atoms with van der Waals surface area (Å²) < 4.78 is 4.76. The summed E-state index contributed by atoms with van der Waals surface area (Å²) in [4.78, 5) is 10.6. The second-order valence-corrected chi connectivity index (χ2v) is 4.32. The highest BCUT2D eigenvalue weighted by molar-refractivity contribution is 6.31. The van der Waals surface area contributed by atoms with Crippen LogP contribution in [0.15, 0.2) is 42.5 Å². The Balaban J connectivity index is 2.28. The van der Waals surface area contributed by atoms with Crippen LogP contribution in [-0.4, -0.2) is 6.09 Å². The van der Waals surface area contributed by atoms with E-state index in [1.807, 2.05) is 37.3 Å². The van der Waals surface area contributed by atoms with Crippen LogP contribution in [0.2, 0.25) is 5.02 Å². The van der Waals surface area contributed by atoms with Crippen molar-refractivity contribution >= 4 is 17.7 Å². The highest BCUT2D eigenvalue weighted by atomic mass is 35.5. The van der Waals surface area contributed by atoms with Gasteiger partial charge in [-0.1, -0.05) is 35.9 Å². The molecule has 92 valence electrons. The predicted molar refractivity (Wildman–Crippen MR) is 71.8 cm³/mol. The number of halogens is 1. The first-order valence-corrected chi connectivity index (χ1v) is 5.78. The maximum absolute atomic E-state index is 10.6. The van der Waals surface area contributed by atoms with Gasteiger partial charge in [-0.2, -0.15) is 0 Å². The van der Waals surface area contributed by atoms with Crippen LogP contribution in [0.1, 0.15) is 5.56 Å². The van der Waals surface area contributed by atoms with Crippen molar-refractivity contribution in [1.29, 1.82) is 0 Å². The molecular weight excluding hydrogens is 250 g/mol. The van der Waals surface area contributed by atoms with Crippen LogP contribution in [0.4, 0.5) is 4.79 Å². The zero-order valence-electron chi connectivity index (χ0n) is 9.81. The number of carbonyl (C=O) groups excluding carboxylic acids is 1. The fourth-order valence-corrected chi connectivity index (χ4v) is 1.78. The minimum absolute atomic E-state index is 0.421. The second-order valence-electron chi connectivity index (χ2n) is 3.91. The van der Waals surface area contributed by atoms with Crippen molar-refractivity contribution in [2.45, 2.75) is 6.92 Å². The third-order valence-corrected chi connectivity index (χ3v) is 2.99. The molecule has 3 nitrogen and oxygen atoms in total. The molecule has 0 fully saturated rings. The molecule has 0 saturated heterocycles. The van der Waals surface area contributed by atoms with Gasteiger partial charge in [0, 0.05) is 5.02 Å². The Bertz CT molecular complexity index is 579. The molecule has 0 aliphatic rings. The van der Waals surface area contributed by atoms with Crippen LogP contribution < -0.4 is 10.5 Å². The fourth-order valence-electron chi connectivity index (χ4n) is 1.60. The maximum atomic E-state index is 10.6. The summed E-state index contributed by atoms with van der Waals surface area (Å²) in [5.41, 5.74) is 7.97. The summed E-state index contributed by atoms with van der Waals surface area (Å²) in [6.45, 7) is 1.95. The molecule has 1 amide bonds. The number of ether oxygens (including phenoxy) is 1. The zero-order chi connectivity index (χ0) is 13.1. The van der Waals surface area contributed by atoms with Crippen LogP contribution in [0.25, 0.3) is 11.1 Å². The van der Waals surface area contributed by atoms with Crippen molar-refractivity contribution < 1.29 is 9.53 Å². The molecule has 18 heavy (non-hydrogen) atoms. The minimum atomic E-state index is -0.818. The van der Waals surface area contributed by atoms with Crippen molar-refractivity contribution in [2.75, 3.05) is 0 Å². The SMILES string of the molecule is Cc1ccc(-c2ccc(OC(N)=O)cc2)cc1Cl. The molecule has 0 bridgehead atoms. The molecule has 0 radical (unpaired) electrons. The lowest BCUT2D eigenvalue weighted by molar-refractivity contribution is 0.211. The number of benzene rings is 2. The van der Waals surface area contributed by atoms with Gasteiger partial charge in [0.25, 0.3) is 0 Å². The largest absolute Gasteiger partial charge is 0.411 e. The van der Waals surface area contributed by atoms with Crippen LogP contribution in [0.5, 0.6) is 5.75 Å². The average Bonchev–Trinajstić information content (AvgIpc) is 2.33. The molecule has 0 aliphatic carbocycles. The van der Waals surface area contributed by atoms with Crippen LogP contribution in [0.3, 0.4) is 0 Å². The first-order valence-electron chi connectivity index (χ1n) is 5.40. The first-order chi connectivity index (χ1) is 8.56. The van der Waals surface area contributed by atoms with E-state index < -0.39 is 6.09 Å². The molecule has 2 aromatic rings. The first kappa shape index (κ1) is 12.5. The van der Waals surface area contributed by atoms with Gasteiger partial charge < -0.3 is 10.5 Å². The highest BCUT2D eigenvalue weighted by Crippen LogP contribution is 2.26. The molecular formula is C14H12ClNO2. The zero-order valence-corrected chi connectivity index (χ0v) is 10.6. The number of hydrogen-bond acceptors (Lipinski definition) is 2. The normalized spacial score (nSPS) is 10.1. The van der Waals surface area contributed by atoms with E-state index in [9.17, 15) is 4.79 Å². The van der Waals surface area contributed by atoms with E-state index in [1.165, 1.54) is 0 Å². The van der Waals surface area contributed by atoms with Crippen molar-refractivity contribution in [2.24, 2.45) is 5.73 Å². The summed E-state index contributed by atoms with van der Waals surface area (Å²) in [5, 5.41) is 0.727. The lowest BCUT2D eigenvalue weighted by atomic mass is 10.0. The van der Waals surface area contributed by atoms with Gasteiger partial charge in [-0.25, -0.2) is 4.79 Å². The van der Waals surface area contributed by atoms with E-state index in [-0.39, 0.29) is 0 Å². The molecule has 0 aromatic heterocycles. The average molecular weight is 262 g/mol. The number of carbonyl (C=O) groups is 1. The standard InChI is InChI=1S/C14H12ClNO2/c1-9-2-3-11(8-13(9)15)10-4-6-12(7-5-10)18-14(16)17/h2-8H,1H3,(H2,16,17). The van der Waals surface area contributed by atoms with Gasteiger partial charge in [0.2, 0.25) is 0 Å². The Morgan fingerprint density at radius 2 is 1.72 bits per heavy atom. The Labute approximate surface area is 110 Å².